The molecule has 0 radical (unpaired) electrons. The molecule has 3 N–H and O–H groups in total. The maximum atomic E-state index is 11.1. The van der Waals surface area contributed by atoms with Crippen LogP contribution in [0.3, 0.4) is 0 Å². The number of benzene rings is 2. The van der Waals surface area contributed by atoms with Crippen LogP contribution in [-0.4, -0.2) is 23.1 Å². The maximum absolute atomic E-state index is 11.1. The van der Waals surface area contributed by atoms with Gasteiger partial charge in [-0.3, -0.25) is 14.9 Å². The SMILES string of the molecule is NC(=O)c1ccc(NCCSc2ccccc2)c([N+](=O)[O-])c1. The molecule has 0 fully saturated rings. The zero-order valence-electron chi connectivity index (χ0n) is 11.7. The second kappa shape index (κ2) is 7.46. The largest absolute Gasteiger partial charge is 0.379 e. The Bertz CT molecular complexity index is 677. The highest BCUT2D eigenvalue weighted by molar-refractivity contribution is 7.99. The zero-order chi connectivity index (χ0) is 15.9. The number of hydrogen-bond donors (Lipinski definition) is 2. The van der Waals surface area contributed by atoms with Crippen molar-refractivity contribution in [1.29, 1.82) is 0 Å². The van der Waals surface area contributed by atoms with E-state index < -0.39 is 10.8 Å². The van der Waals surface area contributed by atoms with Gasteiger partial charge in [-0.25, -0.2) is 0 Å². The van der Waals surface area contributed by atoms with Gasteiger partial charge in [0, 0.05) is 28.8 Å². The number of hydrogen-bond acceptors (Lipinski definition) is 5. The lowest BCUT2D eigenvalue weighted by atomic mass is 10.1. The van der Waals surface area contributed by atoms with Crippen LogP contribution in [0.2, 0.25) is 0 Å². The van der Waals surface area contributed by atoms with Crippen LogP contribution in [0.25, 0.3) is 0 Å². The minimum Gasteiger partial charge on any atom is -0.379 e. The van der Waals surface area contributed by atoms with Crippen LogP contribution in [0.5, 0.6) is 0 Å². The predicted octanol–water partition coefficient (Wildman–Crippen LogP) is 2.90. The molecule has 0 bridgehead atoms. The highest BCUT2D eigenvalue weighted by Gasteiger charge is 2.16. The van der Waals surface area contributed by atoms with Crippen LogP contribution in [0.4, 0.5) is 11.4 Å². The lowest BCUT2D eigenvalue weighted by Gasteiger charge is -2.08. The molecule has 0 aliphatic heterocycles. The van der Waals surface area contributed by atoms with Crippen molar-refractivity contribution in [2.45, 2.75) is 4.90 Å². The molecule has 6 nitrogen and oxygen atoms in total. The monoisotopic (exact) mass is 317 g/mol. The quantitative estimate of drug-likeness (QED) is 0.354. The number of amides is 1. The second-order valence-electron chi connectivity index (χ2n) is 4.44. The zero-order valence-corrected chi connectivity index (χ0v) is 12.5. The number of nitro groups is 1. The normalized spacial score (nSPS) is 10.2. The van der Waals surface area contributed by atoms with Crippen molar-refractivity contribution < 1.29 is 9.72 Å². The van der Waals surface area contributed by atoms with Crippen LogP contribution in [0.1, 0.15) is 10.4 Å². The Balaban J connectivity index is 1.97. The van der Waals surface area contributed by atoms with Crippen LogP contribution < -0.4 is 11.1 Å². The fourth-order valence-electron chi connectivity index (χ4n) is 1.86. The number of nitrogens with zero attached hydrogens (tertiary/aromatic N) is 1. The van der Waals surface area contributed by atoms with Crippen LogP contribution in [0.15, 0.2) is 53.4 Å². The number of primary amides is 1. The summed E-state index contributed by atoms with van der Waals surface area (Å²) in [6.07, 6.45) is 0. The lowest BCUT2D eigenvalue weighted by Crippen LogP contribution is -2.12. The molecule has 7 heteroatoms. The Morgan fingerprint density at radius 1 is 1.23 bits per heavy atom. The van der Waals surface area contributed by atoms with E-state index in [1.54, 1.807) is 11.8 Å². The van der Waals surface area contributed by atoms with Gasteiger partial charge in [-0.15, -0.1) is 11.8 Å². The summed E-state index contributed by atoms with van der Waals surface area (Å²) < 4.78 is 0. The first-order valence-electron chi connectivity index (χ1n) is 6.58. The topological polar surface area (TPSA) is 98.3 Å². The van der Waals surface area contributed by atoms with Crippen LogP contribution in [0, 0.1) is 10.1 Å². The van der Waals surface area contributed by atoms with E-state index in [-0.39, 0.29) is 11.3 Å². The highest BCUT2D eigenvalue weighted by Crippen LogP contribution is 2.26. The summed E-state index contributed by atoms with van der Waals surface area (Å²) in [7, 11) is 0. The summed E-state index contributed by atoms with van der Waals surface area (Å²) in [6.45, 7) is 0.566. The molecular weight excluding hydrogens is 302 g/mol. The lowest BCUT2D eigenvalue weighted by molar-refractivity contribution is -0.384. The summed E-state index contributed by atoms with van der Waals surface area (Å²) >= 11 is 1.66. The Morgan fingerprint density at radius 3 is 2.59 bits per heavy atom. The molecule has 2 aromatic carbocycles. The molecule has 0 aromatic heterocycles. The summed E-state index contributed by atoms with van der Waals surface area (Å²) in [4.78, 5) is 22.8. The minimum atomic E-state index is -0.686. The van der Waals surface area contributed by atoms with E-state index in [0.29, 0.717) is 12.2 Å². The molecule has 22 heavy (non-hydrogen) atoms. The smallest absolute Gasteiger partial charge is 0.293 e. The van der Waals surface area contributed by atoms with Crippen molar-refractivity contribution in [3.05, 3.63) is 64.2 Å². The molecule has 114 valence electrons. The Labute approximate surface area is 131 Å². The average molecular weight is 317 g/mol. The number of nitro benzene ring substituents is 1. The summed E-state index contributed by atoms with van der Waals surface area (Å²) in [5, 5.41) is 14.1. The van der Waals surface area contributed by atoms with Crippen molar-refractivity contribution >= 4 is 29.0 Å². The van der Waals surface area contributed by atoms with E-state index in [2.05, 4.69) is 5.32 Å². The van der Waals surface area contributed by atoms with Crippen LogP contribution >= 0.6 is 11.8 Å². The van der Waals surface area contributed by atoms with Gasteiger partial charge in [0.1, 0.15) is 5.69 Å². The highest BCUT2D eigenvalue weighted by atomic mass is 32.2. The maximum Gasteiger partial charge on any atom is 0.293 e. The first-order chi connectivity index (χ1) is 10.6. The van der Waals surface area contributed by atoms with Gasteiger partial charge >= 0.3 is 0 Å². The van der Waals surface area contributed by atoms with E-state index in [0.717, 1.165) is 10.6 Å². The van der Waals surface area contributed by atoms with E-state index in [1.165, 1.54) is 18.2 Å². The van der Waals surface area contributed by atoms with Crippen molar-refractivity contribution in [3.63, 3.8) is 0 Å². The van der Waals surface area contributed by atoms with Crippen molar-refractivity contribution in [2.24, 2.45) is 5.73 Å². The van der Waals surface area contributed by atoms with Gasteiger partial charge in [0.15, 0.2) is 0 Å². The number of carbonyl (C=O) groups is 1. The molecule has 0 saturated heterocycles. The molecule has 0 aliphatic carbocycles. The number of nitrogens with two attached hydrogens (primary N) is 1. The van der Waals surface area contributed by atoms with Crippen molar-refractivity contribution in [1.82, 2.24) is 0 Å². The Hall–Kier alpha value is -2.54. The van der Waals surface area contributed by atoms with Gasteiger partial charge in [0.05, 0.1) is 4.92 Å². The van der Waals surface area contributed by atoms with Crippen molar-refractivity contribution in [2.75, 3.05) is 17.6 Å². The third-order valence-corrected chi connectivity index (χ3v) is 3.92. The predicted molar refractivity (Wildman–Crippen MR) is 87.3 cm³/mol. The minimum absolute atomic E-state index is 0.121. The molecule has 0 spiro atoms. The molecule has 2 aromatic rings. The Kier molecular flexibility index (Phi) is 5.37. The van der Waals surface area contributed by atoms with Gasteiger partial charge in [0.25, 0.3) is 5.69 Å². The second-order valence-corrected chi connectivity index (χ2v) is 5.61. The number of nitrogens with one attached hydrogen (secondary N) is 1. The van der Waals surface area contributed by atoms with E-state index >= 15 is 0 Å². The first-order valence-corrected chi connectivity index (χ1v) is 7.56. The third-order valence-electron chi connectivity index (χ3n) is 2.91. The number of anilines is 1. The summed E-state index contributed by atoms with van der Waals surface area (Å²) in [6, 6.07) is 14.1. The third kappa shape index (κ3) is 4.23. The molecule has 1 amide bonds. The summed E-state index contributed by atoms with van der Waals surface area (Å²) in [5.74, 6) is 0.0768. The average Bonchev–Trinajstić information content (AvgIpc) is 2.52. The summed E-state index contributed by atoms with van der Waals surface area (Å²) in [5.41, 5.74) is 5.48. The van der Waals surface area contributed by atoms with E-state index in [4.69, 9.17) is 5.73 Å². The number of rotatable bonds is 7. The van der Waals surface area contributed by atoms with Gasteiger partial charge < -0.3 is 11.1 Å². The fourth-order valence-corrected chi connectivity index (χ4v) is 2.65. The fraction of sp³-hybridized carbons (Fsp3) is 0.133. The van der Waals surface area contributed by atoms with Gasteiger partial charge in [-0.05, 0) is 24.3 Å². The molecule has 0 aliphatic rings. The first kappa shape index (κ1) is 15.8. The van der Waals surface area contributed by atoms with Gasteiger partial charge in [-0.1, -0.05) is 18.2 Å². The standard InChI is InChI=1S/C15H15N3O3S/c16-15(19)11-6-7-13(14(10-11)18(20)21)17-8-9-22-12-4-2-1-3-5-12/h1-7,10,17H,8-9H2,(H2,16,19). The molecule has 2 rings (SSSR count). The molecule has 0 heterocycles. The van der Waals surface area contributed by atoms with E-state index in [9.17, 15) is 14.9 Å². The molecular formula is C15H15N3O3S. The number of thioether (sulfide) groups is 1. The van der Waals surface area contributed by atoms with Crippen LogP contribution in [-0.2, 0) is 0 Å². The van der Waals surface area contributed by atoms with Gasteiger partial charge in [-0.2, -0.15) is 0 Å². The number of carbonyl (C=O) groups excluding carboxylic acids is 1. The Morgan fingerprint density at radius 2 is 1.95 bits per heavy atom. The van der Waals surface area contributed by atoms with E-state index in [1.807, 2.05) is 30.3 Å². The van der Waals surface area contributed by atoms with Gasteiger partial charge in [0.2, 0.25) is 5.91 Å². The van der Waals surface area contributed by atoms with Crippen molar-refractivity contribution in [3.8, 4) is 0 Å². The molecule has 0 saturated carbocycles. The molecule has 0 unspecified atom stereocenters. The molecule has 0 atom stereocenters.